The standard InChI is InChI=1S/C41H78O6Si3/c1-10-48(11-2,12-3)45-41(46-49(13-4,14-5)15-6,47-50(16-7,17-8)18-9)36-28-32-37-29-24-20-19-21-25-31-39-35-34-38(43-37)30-26-22-23-27-33-40(42)44-39/h19,21,25,31,34,37,39H,10-18,20,22-24,26-30,32-33,35-36H2,1-9H3. The first kappa shape index (κ1) is 45.2. The molecule has 2 atom stereocenters. The highest BCUT2D eigenvalue weighted by atomic mass is 28.4. The van der Waals surface area contributed by atoms with Gasteiger partial charge in [-0.15, -0.1) is 0 Å². The zero-order valence-electron chi connectivity index (χ0n) is 34.0. The zero-order valence-corrected chi connectivity index (χ0v) is 37.0. The van der Waals surface area contributed by atoms with Crippen LogP contribution in [0.25, 0.3) is 0 Å². The van der Waals surface area contributed by atoms with Crippen molar-refractivity contribution in [1.82, 2.24) is 0 Å². The summed E-state index contributed by atoms with van der Waals surface area (Å²) in [7, 11) is -6.30. The van der Waals surface area contributed by atoms with Crippen molar-refractivity contribution in [3.05, 3.63) is 36.1 Å². The first-order valence-corrected chi connectivity index (χ1v) is 28.7. The number of ether oxygens (including phenoxy) is 2. The summed E-state index contributed by atoms with van der Waals surface area (Å²) in [5.74, 6) is -0.00971. The van der Waals surface area contributed by atoms with Crippen LogP contribution in [0.3, 0.4) is 0 Å². The Morgan fingerprint density at radius 1 is 0.680 bits per heavy atom. The fourth-order valence-corrected chi connectivity index (χ4v) is 16.3. The van der Waals surface area contributed by atoms with Crippen molar-refractivity contribution >= 4 is 30.9 Å². The van der Waals surface area contributed by atoms with Crippen LogP contribution in [-0.2, 0) is 27.5 Å². The second-order valence-corrected chi connectivity index (χ2v) is 29.0. The highest BCUT2D eigenvalue weighted by Crippen LogP contribution is 2.42. The van der Waals surface area contributed by atoms with E-state index in [4.69, 9.17) is 22.8 Å². The zero-order chi connectivity index (χ0) is 36.9. The Bertz CT molecular complexity index is 951. The van der Waals surface area contributed by atoms with Crippen molar-refractivity contribution in [3.63, 3.8) is 0 Å². The Hall–Kier alpha value is -0.979. The lowest BCUT2D eigenvalue weighted by atomic mass is 10.0. The molecule has 50 heavy (non-hydrogen) atoms. The Balaban J connectivity index is 2.50. The number of fused-ring (bicyclic) bond motifs is 2. The number of carbonyl (C=O) groups excluding carboxylic acids is 1. The van der Waals surface area contributed by atoms with Gasteiger partial charge >= 0.3 is 5.97 Å². The molecule has 2 unspecified atom stereocenters. The minimum atomic E-state index is -2.10. The molecule has 0 aliphatic carbocycles. The molecule has 0 spiro atoms. The lowest BCUT2D eigenvalue weighted by molar-refractivity contribution is -0.278. The van der Waals surface area contributed by atoms with Crippen molar-refractivity contribution in [1.29, 1.82) is 0 Å². The number of rotatable bonds is 19. The third kappa shape index (κ3) is 14.4. The fourth-order valence-electron chi connectivity index (χ4n) is 7.73. The van der Waals surface area contributed by atoms with Crippen LogP contribution < -0.4 is 0 Å². The van der Waals surface area contributed by atoms with Gasteiger partial charge in [-0.25, -0.2) is 0 Å². The van der Waals surface area contributed by atoms with E-state index in [1.807, 2.05) is 12.2 Å². The molecule has 2 heterocycles. The highest BCUT2D eigenvalue weighted by Gasteiger charge is 2.51. The molecule has 0 amide bonds. The second kappa shape index (κ2) is 23.6. The molecule has 0 aromatic carbocycles. The lowest BCUT2D eigenvalue weighted by Gasteiger charge is -2.50. The van der Waals surface area contributed by atoms with Crippen molar-refractivity contribution in [2.24, 2.45) is 0 Å². The van der Waals surface area contributed by atoms with Gasteiger partial charge in [-0.05, 0) is 111 Å². The van der Waals surface area contributed by atoms with Crippen LogP contribution in [0.2, 0.25) is 54.4 Å². The van der Waals surface area contributed by atoms with E-state index in [-0.39, 0.29) is 18.2 Å². The Kier molecular flexibility index (Phi) is 21.4. The maximum absolute atomic E-state index is 12.6. The van der Waals surface area contributed by atoms with Gasteiger partial charge in [0.1, 0.15) is 6.10 Å². The summed E-state index contributed by atoms with van der Waals surface area (Å²) in [5.41, 5.74) is 0. The molecular formula is C41H78O6Si3. The summed E-state index contributed by atoms with van der Waals surface area (Å²) in [4.78, 5) is 12.6. The van der Waals surface area contributed by atoms with Gasteiger partial charge in [0.2, 0.25) is 0 Å². The quantitative estimate of drug-likeness (QED) is 0.0744. The smallest absolute Gasteiger partial charge is 0.306 e. The Labute approximate surface area is 311 Å². The van der Waals surface area contributed by atoms with E-state index < -0.39 is 30.9 Å². The molecule has 6 nitrogen and oxygen atoms in total. The predicted molar refractivity (Wildman–Crippen MR) is 219 cm³/mol. The molecule has 0 fully saturated rings. The molecule has 2 rings (SSSR count). The molecule has 0 aromatic rings. The van der Waals surface area contributed by atoms with Crippen LogP contribution in [-0.4, -0.2) is 49.1 Å². The largest absolute Gasteiger partial charge is 0.495 e. The summed E-state index contributed by atoms with van der Waals surface area (Å²) in [6, 6.07) is 9.67. The minimum absolute atomic E-state index is 0.0960. The van der Waals surface area contributed by atoms with E-state index >= 15 is 0 Å². The Morgan fingerprint density at radius 3 is 1.72 bits per heavy atom. The third-order valence-electron chi connectivity index (χ3n) is 12.1. The van der Waals surface area contributed by atoms with Crippen molar-refractivity contribution in [2.45, 2.75) is 218 Å². The van der Waals surface area contributed by atoms with E-state index in [0.717, 1.165) is 131 Å². The molecule has 2 aliphatic rings. The van der Waals surface area contributed by atoms with Crippen LogP contribution in [0.15, 0.2) is 36.1 Å². The van der Waals surface area contributed by atoms with Crippen LogP contribution in [0, 0.1) is 0 Å². The molecule has 9 heteroatoms. The normalized spacial score (nSPS) is 20.8. The van der Waals surface area contributed by atoms with Gasteiger partial charge in [0.15, 0.2) is 25.0 Å². The van der Waals surface area contributed by atoms with Crippen molar-refractivity contribution in [3.8, 4) is 0 Å². The predicted octanol–water partition coefficient (Wildman–Crippen LogP) is 13.1. The van der Waals surface area contributed by atoms with E-state index in [2.05, 4.69) is 80.5 Å². The first-order chi connectivity index (χ1) is 24.1. The van der Waals surface area contributed by atoms with Gasteiger partial charge in [0.05, 0.1) is 11.9 Å². The summed E-state index contributed by atoms with van der Waals surface area (Å²) in [6.45, 7) is 20.9. The molecule has 2 aliphatic heterocycles. The molecule has 0 saturated carbocycles. The van der Waals surface area contributed by atoms with E-state index in [0.29, 0.717) is 12.8 Å². The average molecular weight is 751 g/mol. The second-order valence-electron chi connectivity index (χ2n) is 14.9. The van der Waals surface area contributed by atoms with Gasteiger partial charge in [-0.1, -0.05) is 93.4 Å². The molecular weight excluding hydrogens is 673 g/mol. The summed E-state index contributed by atoms with van der Waals surface area (Å²) in [5, 5.41) is 0. The van der Waals surface area contributed by atoms with Crippen LogP contribution in [0.5, 0.6) is 0 Å². The summed E-state index contributed by atoms with van der Waals surface area (Å²) >= 11 is 0. The van der Waals surface area contributed by atoms with Crippen LogP contribution in [0.1, 0.15) is 146 Å². The molecule has 0 radical (unpaired) electrons. The number of esters is 1. The van der Waals surface area contributed by atoms with Gasteiger partial charge in [0, 0.05) is 25.7 Å². The van der Waals surface area contributed by atoms with Crippen molar-refractivity contribution < 1.29 is 27.5 Å². The minimum Gasteiger partial charge on any atom is -0.495 e. The average Bonchev–Trinajstić information content (AvgIpc) is 3.15. The SMILES string of the molecule is CC[Si](CC)(CC)OC(CCCC1CCCC=CC=CC2CC=C(CCCCCCC(=O)O2)O1)(O[Si](CC)(CC)CC)O[Si](CC)(CC)CC. The van der Waals surface area contributed by atoms with Crippen molar-refractivity contribution in [2.75, 3.05) is 0 Å². The fraction of sp³-hybridized carbons (Fsp3) is 0.829. The maximum Gasteiger partial charge on any atom is 0.306 e. The lowest BCUT2D eigenvalue weighted by Crippen LogP contribution is -2.60. The first-order valence-electron chi connectivity index (χ1n) is 21.1. The van der Waals surface area contributed by atoms with E-state index in [1.165, 1.54) is 0 Å². The molecule has 2 bridgehead atoms. The topological polar surface area (TPSA) is 63.2 Å². The van der Waals surface area contributed by atoms with E-state index in [9.17, 15) is 4.79 Å². The van der Waals surface area contributed by atoms with Gasteiger partial charge in [-0.2, -0.15) is 0 Å². The molecule has 0 aromatic heterocycles. The van der Waals surface area contributed by atoms with Crippen LogP contribution >= 0.6 is 0 Å². The summed E-state index contributed by atoms with van der Waals surface area (Å²) in [6.07, 6.45) is 22.3. The van der Waals surface area contributed by atoms with Gasteiger partial charge in [0.25, 0.3) is 5.97 Å². The molecule has 0 N–H and O–H groups in total. The third-order valence-corrected chi connectivity index (χ3v) is 26.0. The van der Waals surface area contributed by atoms with Gasteiger partial charge < -0.3 is 22.8 Å². The van der Waals surface area contributed by atoms with Gasteiger partial charge in [-0.3, -0.25) is 4.79 Å². The number of allylic oxidation sites excluding steroid dienone is 4. The highest BCUT2D eigenvalue weighted by molar-refractivity contribution is 6.76. The van der Waals surface area contributed by atoms with Crippen LogP contribution in [0.4, 0.5) is 0 Å². The van der Waals surface area contributed by atoms with E-state index in [1.54, 1.807) is 0 Å². The maximum atomic E-state index is 12.6. The number of hydrogen-bond acceptors (Lipinski definition) is 6. The monoisotopic (exact) mass is 751 g/mol. The number of carbonyl (C=O) groups is 1. The molecule has 290 valence electrons. The summed E-state index contributed by atoms with van der Waals surface area (Å²) < 4.78 is 35.7. The number of hydrogen-bond donors (Lipinski definition) is 0. The Morgan fingerprint density at radius 2 is 1.20 bits per heavy atom. The molecule has 0 saturated heterocycles.